The lowest BCUT2D eigenvalue weighted by Gasteiger charge is -2.43. The molecule has 1 fully saturated rings. The Balaban J connectivity index is 1.56. The second-order valence-corrected chi connectivity index (χ2v) is 6.82. The lowest BCUT2D eigenvalue weighted by Crippen LogP contribution is -2.42. The fourth-order valence-corrected chi connectivity index (χ4v) is 4.18. The number of H-pyrrole nitrogens is 1. The van der Waals surface area contributed by atoms with Crippen molar-refractivity contribution < 1.29 is 9.84 Å². The molecule has 2 aliphatic rings. The van der Waals surface area contributed by atoms with Gasteiger partial charge in [-0.2, -0.15) is 0 Å². The van der Waals surface area contributed by atoms with Crippen molar-refractivity contribution in [1.29, 1.82) is 0 Å². The maximum Gasteiger partial charge on any atom is 0.328 e. The van der Waals surface area contributed by atoms with Crippen molar-refractivity contribution in [2.75, 3.05) is 20.2 Å². The molecule has 0 saturated carbocycles. The van der Waals surface area contributed by atoms with Crippen LogP contribution in [0.25, 0.3) is 0 Å². The molecule has 2 unspecified atom stereocenters. The number of piperidine rings is 1. The van der Waals surface area contributed by atoms with Gasteiger partial charge in [-0.25, -0.2) is 4.79 Å². The number of aromatic nitrogens is 2. The van der Waals surface area contributed by atoms with Crippen molar-refractivity contribution in [2.45, 2.75) is 31.8 Å². The highest BCUT2D eigenvalue weighted by Crippen LogP contribution is 2.40. The largest absolute Gasteiger partial charge is 0.497 e. The van der Waals surface area contributed by atoms with Gasteiger partial charge in [0.1, 0.15) is 5.75 Å². The summed E-state index contributed by atoms with van der Waals surface area (Å²) in [6.07, 6.45) is 4.49. The summed E-state index contributed by atoms with van der Waals surface area (Å²) in [4.78, 5) is 16.9. The number of nitrogens with zero attached hydrogens (tertiary/aromatic N) is 2. The molecule has 3 heterocycles. The van der Waals surface area contributed by atoms with Crippen LogP contribution in [0.3, 0.4) is 0 Å². The van der Waals surface area contributed by atoms with Gasteiger partial charge in [0.15, 0.2) is 0 Å². The Kier molecular flexibility index (Phi) is 3.84. The van der Waals surface area contributed by atoms with Crippen molar-refractivity contribution in [3.8, 4) is 11.6 Å². The number of rotatable bonds is 3. The summed E-state index contributed by atoms with van der Waals surface area (Å²) in [5.41, 5.74) is 2.53. The Morgan fingerprint density at radius 2 is 2.25 bits per heavy atom. The van der Waals surface area contributed by atoms with E-state index in [0.29, 0.717) is 18.5 Å². The minimum Gasteiger partial charge on any atom is -0.497 e. The van der Waals surface area contributed by atoms with E-state index in [1.165, 1.54) is 21.9 Å². The van der Waals surface area contributed by atoms with Gasteiger partial charge in [-0.05, 0) is 55.0 Å². The van der Waals surface area contributed by atoms with Crippen LogP contribution in [-0.2, 0) is 13.0 Å². The molecule has 2 atom stereocenters. The van der Waals surface area contributed by atoms with Crippen molar-refractivity contribution in [1.82, 2.24) is 14.5 Å². The summed E-state index contributed by atoms with van der Waals surface area (Å²) in [5.74, 6) is 1.33. The van der Waals surface area contributed by atoms with Gasteiger partial charge in [0.2, 0.25) is 5.88 Å². The van der Waals surface area contributed by atoms with Crippen LogP contribution in [-0.4, -0.2) is 39.8 Å². The van der Waals surface area contributed by atoms with Crippen LogP contribution < -0.4 is 10.4 Å². The number of aromatic hydroxyl groups is 1. The lowest BCUT2D eigenvalue weighted by atomic mass is 9.82. The van der Waals surface area contributed by atoms with E-state index >= 15 is 0 Å². The number of imidazole rings is 1. The molecule has 24 heavy (non-hydrogen) atoms. The molecule has 1 aromatic heterocycles. The molecule has 0 bridgehead atoms. The zero-order chi connectivity index (χ0) is 16.7. The van der Waals surface area contributed by atoms with E-state index in [1.54, 1.807) is 7.11 Å². The lowest BCUT2D eigenvalue weighted by molar-refractivity contribution is 0.0946. The van der Waals surface area contributed by atoms with Crippen molar-refractivity contribution >= 4 is 0 Å². The van der Waals surface area contributed by atoms with E-state index in [2.05, 4.69) is 22.0 Å². The average Bonchev–Trinajstić information content (AvgIpc) is 2.93. The molecule has 4 rings (SSSR count). The third-order valence-corrected chi connectivity index (χ3v) is 5.49. The maximum absolute atomic E-state index is 11.8. The highest BCUT2D eigenvalue weighted by Gasteiger charge is 2.34. The van der Waals surface area contributed by atoms with Gasteiger partial charge in [-0.3, -0.25) is 9.47 Å². The van der Waals surface area contributed by atoms with E-state index in [1.807, 2.05) is 6.07 Å². The summed E-state index contributed by atoms with van der Waals surface area (Å²) in [6.45, 7) is 2.69. The molecule has 0 spiro atoms. The van der Waals surface area contributed by atoms with Crippen LogP contribution in [0.2, 0.25) is 0 Å². The Labute approximate surface area is 140 Å². The molecule has 2 N–H and O–H groups in total. The van der Waals surface area contributed by atoms with E-state index in [4.69, 9.17) is 4.74 Å². The molecule has 0 amide bonds. The van der Waals surface area contributed by atoms with Crippen molar-refractivity contribution in [3.05, 3.63) is 46.0 Å². The predicted molar refractivity (Wildman–Crippen MR) is 90.5 cm³/mol. The normalized spacial score (nSPS) is 23.5. The molecule has 0 radical (unpaired) electrons. The topological polar surface area (TPSA) is 70.5 Å². The Morgan fingerprint density at radius 1 is 1.38 bits per heavy atom. The molecule has 2 aromatic rings. The van der Waals surface area contributed by atoms with Crippen LogP contribution in [0.1, 0.15) is 30.0 Å². The van der Waals surface area contributed by atoms with E-state index < -0.39 is 0 Å². The number of hydrogen-bond acceptors (Lipinski definition) is 4. The zero-order valence-corrected chi connectivity index (χ0v) is 13.9. The Morgan fingerprint density at radius 3 is 3.00 bits per heavy atom. The summed E-state index contributed by atoms with van der Waals surface area (Å²) in [7, 11) is 1.70. The van der Waals surface area contributed by atoms with E-state index in [9.17, 15) is 9.90 Å². The first-order valence-corrected chi connectivity index (χ1v) is 8.53. The number of nitrogens with one attached hydrogen (secondary N) is 1. The van der Waals surface area contributed by atoms with Gasteiger partial charge >= 0.3 is 5.69 Å². The van der Waals surface area contributed by atoms with Crippen LogP contribution in [0, 0.1) is 5.92 Å². The highest BCUT2D eigenvalue weighted by molar-refractivity contribution is 5.39. The quantitative estimate of drug-likeness (QED) is 0.902. The third-order valence-electron chi connectivity index (χ3n) is 5.49. The fourth-order valence-electron chi connectivity index (χ4n) is 4.18. The fraction of sp³-hybridized carbons (Fsp3) is 0.500. The van der Waals surface area contributed by atoms with E-state index in [-0.39, 0.29) is 11.6 Å². The first-order valence-electron chi connectivity index (χ1n) is 8.53. The second kappa shape index (κ2) is 6.02. The third kappa shape index (κ3) is 2.60. The Hall–Kier alpha value is -2.21. The zero-order valence-electron chi connectivity index (χ0n) is 13.9. The Bertz CT molecular complexity index is 795. The van der Waals surface area contributed by atoms with Gasteiger partial charge in [0.25, 0.3) is 0 Å². The first-order chi connectivity index (χ1) is 11.7. The van der Waals surface area contributed by atoms with Crippen molar-refractivity contribution in [3.63, 3.8) is 0 Å². The second-order valence-electron chi connectivity index (χ2n) is 6.82. The smallest absolute Gasteiger partial charge is 0.328 e. The predicted octanol–water partition coefficient (Wildman–Crippen LogP) is 1.90. The molecule has 0 aliphatic carbocycles. The number of hydrogen-bond donors (Lipinski definition) is 2. The standard InChI is InChI=1S/C18H23N3O3/c1-24-14-2-3-15-13(9-14)5-7-20-6-4-12(8-16(15)20)11-21-17(22)10-19-18(21)23/h2-3,9-10,12,16,22H,4-8,11H2,1H3,(H,19,23). The number of ether oxygens (including phenoxy) is 1. The van der Waals surface area contributed by atoms with Gasteiger partial charge in [-0.15, -0.1) is 0 Å². The molecule has 128 valence electrons. The molecule has 2 aliphatic heterocycles. The van der Waals surface area contributed by atoms with E-state index in [0.717, 1.165) is 38.1 Å². The number of aromatic amines is 1. The maximum atomic E-state index is 11.8. The van der Waals surface area contributed by atoms with Crippen LogP contribution in [0.4, 0.5) is 0 Å². The minimum absolute atomic E-state index is 0.0243. The van der Waals surface area contributed by atoms with Gasteiger partial charge in [0, 0.05) is 19.1 Å². The van der Waals surface area contributed by atoms with Crippen LogP contribution in [0.15, 0.2) is 29.2 Å². The summed E-state index contributed by atoms with van der Waals surface area (Å²) in [6, 6.07) is 6.77. The van der Waals surface area contributed by atoms with Gasteiger partial charge in [-0.1, -0.05) is 6.07 Å². The van der Waals surface area contributed by atoms with Gasteiger partial charge in [0.05, 0.1) is 13.3 Å². The molecule has 1 aromatic carbocycles. The highest BCUT2D eigenvalue weighted by atomic mass is 16.5. The SMILES string of the molecule is COc1ccc2c(c1)CCN1CCC(Cn3c(O)c[nH]c3=O)CC21. The number of methoxy groups -OCH3 is 1. The summed E-state index contributed by atoms with van der Waals surface area (Å²) in [5, 5.41) is 9.82. The minimum atomic E-state index is -0.233. The molecule has 1 saturated heterocycles. The first kappa shape index (κ1) is 15.3. The summed E-state index contributed by atoms with van der Waals surface area (Å²) < 4.78 is 6.79. The molecular formula is C18H23N3O3. The molecular weight excluding hydrogens is 306 g/mol. The van der Waals surface area contributed by atoms with Gasteiger partial charge < -0.3 is 14.8 Å². The van der Waals surface area contributed by atoms with Crippen LogP contribution in [0.5, 0.6) is 11.6 Å². The van der Waals surface area contributed by atoms with Crippen LogP contribution >= 0.6 is 0 Å². The number of fused-ring (bicyclic) bond motifs is 3. The molecule has 6 nitrogen and oxygen atoms in total. The van der Waals surface area contributed by atoms with Crippen molar-refractivity contribution in [2.24, 2.45) is 5.92 Å². The number of benzene rings is 1. The molecule has 6 heteroatoms. The summed E-state index contributed by atoms with van der Waals surface area (Å²) >= 11 is 0. The monoisotopic (exact) mass is 329 g/mol. The average molecular weight is 329 g/mol.